The van der Waals surface area contributed by atoms with E-state index in [4.69, 9.17) is 0 Å². The van der Waals surface area contributed by atoms with Gasteiger partial charge in [0, 0.05) is 24.2 Å². The fourth-order valence-electron chi connectivity index (χ4n) is 3.92. The number of aromatic hydroxyl groups is 1. The van der Waals surface area contributed by atoms with Crippen LogP contribution in [0.1, 0.15) is 25.7 Å². The number of nitrogens with zero attached hydrogens (tertiary/aromatic N) is 2. The van der Waals surface area contributed by atoms with E-state index in [9.17, 15) is 14.7 Å². The second kappa shape index (κ2) is 5.37. The second-order valence-electron chi connectivity index (χ2n) is 6.29. The van der Waals surface area contributed by atoms with Gasteiger partial charge in [0.05, 0.1) is 0 Å². The molecule has 0 radical (unpaired) electrons. The van der Waals surface area contributed by atoms with Gasteiger partial charge in [-0.25, -0.2) is 0 Å². The first-order valence-electron chi connectivity index (χ1n) is 8.12. The van der Waals surface area contributed by atoms with Gasteiger partial charge in [-0.05, 0) is 49.2 Å². The lowest BCUT2D eigenvalue weighted by molar-refractivity contribution is -0.117. The molecule has 2 aromatic carbocycles. The average Bonchev–Trinajstić information content (AvgIpc) is 3.10. The van der Waals surface area contributed by atoms with Crippen molar-refractivity contribution < 1.29 is 14.7 Å². The molecule has 122 valence electrons. The van der Waals surface area contributed by atoms with Crippen LogP contribution in [0, 0.1) is 0 Å². The standard InChI is InChI=1S/C19H18N2O3/c22-16-8-6-15(7-9-16)21-18(24)11-13-19(21)12-10-17(23)20(19)14-4-2-1-3-5-14/h1-9,22H,10-13H2. The Kier molecular flexibility index (Phi) is 3.30. The molecule has 2 amide bonds. The van der Waals surface area contributed by atoms with Crippen molar-refractivity contribution >= 4 is 23.2 Å². The summed E-state index contributed by atoms with van der Waals surface area (Å²) in [5.41, 5.74) is 0.886. The maximum Gasteiger partial charge on any atom is 0.229 e. The Morgan fingerprint density at radius 3 is 1.79 bits per heavy atom. The van der Waals surface area contributed by atoms with Crippen LogP contribution in [-0.4, -0.2) is 22.6 Å². The SMILES string of the molecule is O=C1CCC2(CCC(=O)N2c2ccc(O)cc2)N1c1ccccc1. The summed E-state index contributed by atoms with van der Waals surface area (Å²) in [4.78, 5) is 28.8. The van der Waals surface area contributed by atoms with E-state index in [0.29, 0.717) is 31.4 Å². The number of phenolic OH excluding ortho intramolecular Hbond substituents is 1. The van der Waals surface area contributed by atoms with Crippen molar-refractivity contribution in [3.05, 3.63) is 54.6 Å². The van der Waals surface area contributed by atoms with E-state index in [2.05, 4.69) is 0 Å². The third-order valence-electron chi connectivity index (χ3n) is 4.93. The molecule has 2 fully saturated rings. The summed E-state index contributed by atoms with van der Waals surface area (Å²) < 4.78 is 0. The molecule has 2 saturated heterocycles. The lowest BCUT2D eigenvalue weighted by atomic mass is 10.0. The highest BCUT2D eigenvalue weighted by Gasteiger charge is 2.55. The molecule has 1 atom stereocenters. The Morgan fingerprint density at radius 2 is 1.25 bits per heavy atom. The fourth-order valence-corrected chi connectivity index (χ4v) is 3.92. The van der Waals surface area contributed by atoms with Crippen molar-refractivity contribution in [3.8, 4) is 5.75 Å². The zero-order chi connectivity index (χ0) is 16.7. The molecule has 1 unspecified atom stereocenters. The minimum absolute atomic E-state index is 0.0105. The summed E-state index contributed by atoms with van der Waals surface area (Å²) in [7, 11) is 0. The van der Waals surface area contributed by atoms with Crippen LogP contribution in [0.2, 0.25) is 0 Å². The van der Waals surface area contributed by atoms with Crippen molar-refractivity contribution in [2.75, 3.05) is 9.80 Å². The number of hydrogen-bond acceptors (Lipinski definition) is 3. The molecule has 2 aliphatic rings. The van der Waals surface area contributed by atoms with Gasteiger partial charge in [0.25, 0.3) is 0 Å². The molecular weight excluding hydrogens is 304 g/mol. The number of carbonyl (C=O) groups excluding carboxylic acids is 2. The highest BCUT2D eigenvalue weighted by Crippen LogP contribution is 2.47. The number of rotatable bonds is 2. The number of benzene rings is 2. The van der Waals surface area contributed by atoms with Crippen molar-refractivity contribution in [1.82, 2.24) is 0 Å². The third-order valence-corrected chi connectivity index (χ3v) is 4.93. The zero-order valence-corrected chi connectivity index (χ0v) is 13.2. The van der Waals surface area contributed by atoms with Crippen LogP contribution in [0.5, 0.6) is 5.75 Å². The molecule has 0 aromatic heterocycles. The lowest BCUT2D eigenvalue weighted by Crippen LogP contribution is -2.56. The predicted molar refractivity (Wildman–Crippen MR) is 90.7 cm³/mol. The molecule has 0 saturated carbocycles. The molecule has 4 rings (SSSR count). The largest absolute Gasteiger partial charge is 0.508 e. The maximum atomic E-state index is 12.6. The summed E-state index contributed by atoms with van der Waals surface area (Å²) in [5, 5.41) is 9.53. The quantitative estimate of drug-likeness (QED) is 0.924. The first kappa shape index (κ1) is 14.8. The lowest BCUT2D eigenvalue weighted by Gasteiger charge is -2.42. The fraction of sp³-hybridized carbons (Fsp3) is 0.263. The molecule has 2 aromatic rings. The van der Waals surface area contributed by atoms with Crippen LogP contribution >= 0.6 is 0 Å². The van der Waals surface area contributed by atoms with E-state index in [-0.39, 0.29) is 17.6 Å². The number of phenols is 1. The van der Waals surface area contributed by atoms with E-state index in [1.165, 1.54) is 0 Å². The normalized spacial score (nSPS) is 23.5. The zero-order valence-electron chi connectivity index (χ0n) is 13.2. The van der Waals surface area contributed by atoms with Crippen molar-refractivity contribution in [1.29, 1.82) is 0 Å². The van der Waals surface area contributed by atoms with E-state index in [1.54, 1.807) is 34.1 Å². The van der Waals surface area contributed by atoms with E-state index in [1.807, 2.05) is 30.3 Å². The average molecular weight is 322 g/mol. The summed E-state index contributed by atoms with van der Waals surface area (Å²) >= 11 is 0. The molecule has 24 heavy (non-hydrogen) atoms. The predicted octanol–water partition coefficient (Wildman–Crippen LogP) is 3.04. The Balaban J connectivity index is 1.83. The van der Waals surface area contributed by atoms with Gasteiger partial charge in [0.2, 0.25) is 11.8 Å². The van der Waals surface area contributed by atoms with Gasteiger partial charge in [-0.2, -0.15) is 0 Å². The van der Waals surface area contributed by atoms with Crippen molar-refractivity contribution in [2.45, 2.75) is 31.3 Å². The van der Waals surface area contributed by atoms with Gasteiger partial charge in [0.15, 0.2) is 0 Å². The van der Waals surface area contributed by atoms with Crippen molar-refractivity contribution in [2.24, 2.45) is 0 Å². The first-order valence-corrected chi connectivity index (χ1v) is 8.12. The minimum atomic E-state index is -0.646. The molecular formula is C19H18N2O3. The number of amides is 2. The molecule has 2 heterocycles. The molecule has 1 spiro atoms. The highest BCUT2D eigenvalue weighted by atomic mass is 16.3. The van der Waals surface area contributed by atoms with Crippen LogP contribution in [-0.2, 0) is 9.59 Å². The van der Waals surface area contributed by atoms with Crippen LogP contribution in [0.4, 0.5) is 11.4 Å². The Labute approximate surface area is 140 Å². The summed E-state index contributed by atoms with van der Waals surface area (Å²) in [6.45, 7) is 0. The monoisotopic (exact) mass is 322 g/mol. The Hall–Kier alpha value is -2.82. The summed E-state index contributed by atoms with van der Waals surface area (Å²) in [6, 6.07) is 16.1. The third kappa shape index (κ3) is 2.08. The summed E-state index contributed by atoms with van der Waals surface area (Å²) in [6.07, 6.45) is 2.08. The van der Waals surface area contributed by atoms with Gasteiger partial charge in [-0.15, -0.1) is 0 Å². The summed E-state index contributed by atoms with van der Waals surface area (Å²) in [5.74, 6) is 0.206. The van der Waals surface area contributed by atoms with Crippen LogP contribution in [0.25, 0.3) is 0 Å². The Bertz CT molecular complexity index is 784. The van der Waals surface area contributed by atoms with Crippen LogP contribution in [0.15, 0.2) is 54.6 Å². The van der Waals surface area contributed by atoms with Gasteiger partial charge < -0.3 is 5.11 Å². The van der Waals surface area contributed by atoms with Crippen LogP contribution < -0.4 is 9.80 Å². The van der Waals surface area contributed by atoms with Crippen LogP contribution in [0.3, 0.4) is 0 Å². The Morgan fingerprint density at radius 1 is 0.750 bits per heavy atom. The molecule has 2 aliphatic heterocycles. The number of anilines is 2. The highest BCUT2D eigenvalue weighted by molar-refractivity contribution is 6.05. The second-order valence-corrected chi connectivity index (χ2v) is 6.29. The van der Waals surface area contributed by atoms with Gasteiger partial charge >= 0.3 is 0 Å². The first-order chi connectivity index (χ1) is 11.6. The smallest absolute Gasteiger partial charge is 0.229 e. The molecule has 5 nitrogen and oxygen atoms in total. The van der Waals surface area contributed by atoms with E-state index >= 15 is 0 Å². The molecule has 0 bridgehead atoms. The topological polar surface area (TPSA) is 60.9 Å². The minimum Gasteiger partial charge on any atom is -0.508 e. The molecule has 1 N–H and O–H groups in total. The number of para-hydroxylation sites is 1. The van der Waals surface area contributed by atoms with Gasteiger partial charge in [-0.1, -0.05) is 18.2 Å². The number of carbonyl (C=O) groups is 2. The molecule has 0 aliphatic carbocycles. The van der Waals surface area contributed by atoms with E-state index < -0.39 is 5.66 Å². The van der Waals surface area contributed by atoms with Crippen molar-refractivity contribution in [3.63, 3.8) is 0 Å². The maximum absolute atomic E-state index is 12.6. The molecule has 5 heteroatoms. The number of hydrogen-bond donors (Lipinski definition) is 1. The van der Waals surface area contributed by atoms with Gasteiger partial charge in [0.1, 0.15) is 11.4 Å². The van der Waals surface area contributed by atoms with E-state index in [0.717, 1.165) is 5.69 Å². The van der Waals surface area contributed by atoms with Gasteiger partial charge in [-0.3, -0.25) is 19.4 Å².